The van der Waals surface area contributed by atoms with E-state index >= 15 is 0 Å². The zero-order valence-electron chi connectivity index (χ0n) is 15.6. The van der Waals surface area contributed by atoms with Crippen LogP contribution in [0, 0.1) is 0 Å². The van der Waals surface area contributed by atoms with Crippen LogP contribution in [0.2, 0.25) is 0 Å². The average molecular weight is 432 g/mol. The molecule has 3 aromatic rings. The van der Waals surface area contributed by atoms with Crippen LogP contribution in [-0.2, 0) is 19.5 Å². The molecule has 0 aliphatic carbocycles. The number of anilines is 1. The van der Waals surface area contributed by atoms with Crippen LogP contribution in [0.25, 0.3) is 0 Å². The number of hydrogen-bond donors (Lipinski definition) is 1. The van der Waals surface area contributed by atoms with E-state index in [0.29, 0.717) is 10.7 Å². The number of carbonyl (C=O) groups is 1. The quantitative estimate of drug-likeness (QED) is 0.571. The van der Waals surface area contributed by atoms with Gasteiger partial charge in [-0.1, -0.05) is 36.4 Å². The lowest BCUT2D eigenvalue weighted by atomic mass is 10.1. The van der Waals surface area contributed by atoms with Gasteiger partial charge < -0.3 is 0 Å². The maximum Gasteiger partial charge on any atom is 0.257 e. The van der Waals surface area contributed by atoms with Gasteiger partial charge in [0.25, 0.3) is 5.91 Å². The van der Waals surface area contributed by atoms with Gasteiger partial charge in [-0.05, 0) is 30.0 Å². The molecule has 0 saturated heterocycles. The van der Waals surface area contributed by atoms with E-state index in [1.54, 1.807) is 23.1 Å². The number of benzene rings is 2. The molecular weight excluding hydrogens is 410 g/mol. The molecule has 7 heteroatoms. The van der Waals surface area contributed by atoms with Crippen molar-refractivity contribution in [2.45, 2.75) is 24.4 Å². The summed E-state index contributed by atoms with van der Waals surface area (Å²) in [6.45, 7) is 2.83. The Kier molecular flexibility index (Phi) is 7.13. The molecule has 0 spiro atoms. The van der Waals surface area contributed by atoms with Crippen molar-refractivity contribution in [2.24, 2.45) is 0 Å². The average Bonchev–Trinajstić information content (AvgIpc) is 3.10. The summed E-state index contributed by atoms with van der Waals surface area (Å²) < 4.78 is 0. The van der Waals surface area contributed by atoms with Gasteiger partial charge in [0, 0.05) is 41.4 Å². The SMILES string of the molecule is CSc1cccc(C(=O)Nc2nc3c(s2)CN(Cc2ccccc2)CC3)c1.Cl. The van der Waals surface area contributed by atoms with Crippen molar-refractivity contribution in [2.75, 3.05) is 18.1 Å². The Morgan fingerprint density at radius 1 is 1.21 bits per heavy atom. The van der Waals surface area contributed by atoms with Crippen molar-refractivity contribution in [3.05, 3.63) is 76.3 Å². The maximum atomic E-state index is 12.5. The van der Waals surface area contributed by atoms with Crippen molar-refractivity contribution >= 4 is 46.5 Å². The summed E-state index contributed by atoms with van der Waals surface area (Å²) in [5.41, 5.74) is 3.12. The van der Waals surface area contributed by atoms with Crippen LogP contribution in [0.3, 0.4) is 0 Å². The second-order valence-electron chi connectivity index (χ2n) is 6.52. The number of carbonyl (C=O) groups excluding carboxylic acids is 1. The largest absolute Gasteiger partial charge is 0.298 e. The van der Waals surface area contributed by atoms with Crippen molar-refractivity contribution < 1.29 is 4.79 Å². The highest BCUT2D eigenvalue weighted by molar-refractivity contribution is 7.98. The topological polar surface area (TPSA) is 45.2 Å². The smallest absolute Gasteiger partial charge is 0.257 e. The number of nitrogens with one attached hydrogen (secondary N) is 1. The van der Waals surface area contributed by atoms with E-state index in [9.17, 15) is 4.79 Å². The summed E-state index contributed by atoms with van der Waals surface area (Å²) in [4.78, 5) is 22.0. The van der Waals surface area contributed by atoms with Crippen LogP contribution in [0.4, 0.5) is 5.13 Å². The third-order valence-electron chi connectivity index (χ3n) is 4.61. The first kappa shape index (κ1) is 20.9. The second kappa shape index (κ2) is 9.56. The molecule has 4 nitrogen and oxygen atoms in total. The van der Waals surface area contributed by atoms with Crippen molar-refractivity contribution in [3.8, 4) is 0 Å². The normalized spacial score (nSPS) is 13.5. The summed E-state index contributed by atoms with van der Waals surface area (Å²) in [6.07, 6.45) is 2.93. The first-order valence-electron chi connectivity index (χ1n) is 8.91. The van der Waals surface area contributed by atoms with Gasteiger partial charge in [-0.25, -0.2) is 4.98 Å². The minimum absolute atomic E-state index is 0. The Morgan fingerprint density at radius 2 is 2.04 bits per heavy atom. The van der Waals surface area contributed by atoms with Gasteiger partial charge in [0.15, 0.2) is 5.13 Å². The fourth-order valence-corrected chi connectivity index (χ4v) is 4.72. The Labute approximate surface area is 179 Å². The second-order valence-corrected chi connectivity index (χ2v) is 8.48. The molecule has 1 N–H and O–H groups in total. The Hall–Kier alpha value is -1.86. The number of aromatic nitrogens is 1. The maximum absolute atomic E-state index is 12.5. The lowest BCUT2D eigenvalue weighted by molar-refractivity contribution is 0.102. The minimum Gasteiger partial charge on any atom is -0.298 e. The fraction of sp³-hybridized carbons (Fsp3) is 0.238. The van der Waals surface area contributed by atoms with E-state index in [0.717, 1.165) is 36.6 Å². The van der Waals surface area contributed by atoms with Gasteiger partial charge in [-0.2, -0.15) is 0 Å². The summed E-state index contributed by atoms with van der Waals surface area (Å²) in [5, 5.41) is 3.67. The van der Waals surface area contributed by atoms with Crippen LogP contribution < -0.4 is 5.32 Å². The zero-order chi connectivity index (χ0) is 18.6. The summed E-state index contributed by atoms with van der Waals surface area (Å²) in [6, 6.07) is 18.2. The van der Waals surface area contributed by atoms with E-state index in [1.165, 1.54) is 10.4 Å². The molecule has 0 radical (unpaired) electrons. The monoisotopic (exact) mass is 431 g/mol. The lowest BCUT2D eigenvalue weighted by Crippen LogP contribution is -2.29. The molecule has 1 amide bonds. The van der Waals surface area contributed by atoms with E-state index < -0.39 is 0 Å². The molecule has 0 bridgehead atoms. The van der Waals surface area contributed by atoms with Crippen molar-refractivity contribution in [1.29, 1.82) is 0 Å². The minimum atomic E-state index is -0.0989. The predicted octanol–water partition coefficient (Wildman–Crippen LogP) is 5.10. The summed E-state index contributed by atoms with van der Waals surface area (Å²) in [5.74, 6) is -0.0989. The van der Waals surface area contributed by atoms with Crippen molar-refractivity contribution in [3.63, 3.8) is 0 Å². The van der Waals surface area contributed by atoms with E-state index in [1.807, 2.05) is 36.6 Å². The molecule has 0 saturated carbocycles. The number of fused-ring (bicyclic) bond motifs is 1. The highest BCUT2D eigenvalue weighted by atomic mass is 35.5. The highest BCUT2D eigenvalue weighted by Gasteiger charge is 2.21. The molecule has 0 unspecified atom stereocenters. The molecule has 146 valence electrons. The van der Waals surface area contributed by atoms with Gasteiger partial charge >= 0.3 is 0 Å². The van der Waals surface area contributed by atoms with Gasteiger partial charge in [-0.15, -0.1) is 35.5 Å². The number of thioether (sulfide) groups is 1. The van der Waals surface area contributed by atoms with E-state index in [-0.39, 0.29) is 18.3 Å². The summed E-state index contributed by atoms with van der Waals surface area (Å²) >= 11 is 3.22. The molecule has 4 rings (SSSR count). The van der Waals surface area contributed by atoms with Crippen molar-refractivity contribution in [1.82, 2.24) is 9.88 Å². The predicted molar refractivity (Wildman–Crippen MR) is 120 cm³/mol. The molecule has 1 aliphatic rings. The van der Waals surface area contributed by atoms with E-state index in [4.69, 9.17) is 0 Å². The van der Waals surface area contributed by atoms with Crippen LogP contribution in [0.15, 0.2) is 59.5 Å². The van der Waals surface area contributed by atoms with Crippen LogP contribution >= 0.6 is 35.5 Å². The number of nitrogens with zero attached hydrogens (tertiary/aromatic N) is 2. The van der Waals surface area contributed by atoms with Gasteiger partial charge in [-0.3, -0.25) is 15.0 Å². The van der Waals surface area contributed by atoms with Gasteiger partial charge in [0.2, 0.25) is 0 Å². The number of thiazole rings is 1. The number of hydrogen-bond acceptors (Lipinski definition) is 5. The van der Waals surface area contributed by atoms with Gasteiger partial charge in [0.05, 0.1) is 5.69 Å². The van der Waals surface area contributed by atoms with E-state index in [2.05, 4.69) is 39.5 Å². The first-order chi connectivity index (χ1) is 13.2. The Bertz CT molecular complexity index is 946. The molecule has 1 aliphatic heterocycles. The molecular formula is C21H22ClN3OS2. The number of amides is 1. The first-order valence-corrected chi connectivity index (χ1v) is 11.0. The Balaban J connectivity index is 0.00000225. The third-order valence-corrected chi connectivity index (χ3v) is 6.33. The summed E-state index contributed by atoms with van der Waals surface area (Å²) in [7, 11) is 0. The molecule has 1 aromatic heterocycles. The molecule has 2 aromatic carbocycles. The third kappa shape index (κ3) is 4.94. The molecule has 0 atom stereocenters. The zero-order valence-corrected chi connectivity index (χ0v) is 18.0. The van der Waals surface area contributed by atoms with Gasteiger partial charge in [0.1, 0.15) is 0 Å². The molecule has 2 heterocycles. The highest BCUT2D eigenvalue weighted by Crippen LogP contribution is 2.29. The molecule has 28 heavy (non-hydrogen) atoms. The van der Waals surface area contributed by atoms with Crippen LogP contribution in [-0.4, -0.2) is 28.6 Å². The number of rotatable bonds is 5. The number of halogens is 1. The van der Waals surface area contributed by atoms with Crippen LogP contribution in [0.1, 0.15) is 26.5 Å². The molecule has 0 fully saturated rings. The Morgan fingerprint density at radius 3 is 2.82 bits per heavy atom. The standard InChI is InChI=1S/C21H21N3OS2.ClH/c1-26-17-9-5-8-16(12-17)20(25)23-21-22-18-10-11-24(14-19(18)27-21)13-15-6-3-2-4-7-15;/h2-9,12H,10-11,13-14H2,1H3,(H,22,23,25);1H. The fourth-order valence-electron chi connectivity index (χ4n) is 3.21. The lowest BCUT2D eigenvalue weighted by Gasteiger charge is -2.25. The van der Waals surface area contributed by atoms with Crippen LogP contribution in [0.5, 0.6) is 0 Å².